The van der Waals surface area contributed by atoms with E-state index < -0.39 is 0 Å². The van der Waals surface area contributed by atoms with E-state index in [1.165, 1.54) is 11.3 Å². The highest BCUT2D eigenvalue weighted by Gasteiger charge is 2.18. The highest BCUT2D eigenvalue weighted by Crippen LogP contribution is 2.35. The zero-order valence-corrected chi connectivity index (χ0v) is 17.3. The van der Waals surface area contributed by atoms with Gasteiger partial charge in [-0.15, -0.1) is 11.3 Å². The van der Waals surface area contributed by atoms with Crippen molar-refractivity contribution in [3.8, 4) is 22.0 Å². The number of hydrogen-bond acceptors (Lipinski definition) is 5. The Morgan fingerprint density at radius 1 is 1.19 bits per heavy atom. The van der Waals surface area contributed by atoms with E-state index in [-0.39, 0.29) is 11.7 Å². The molecule has 3 heterocycles. The standard InChI is InChI=1S/C19H15Cl2NO3S2/c20-11-3-4-13(14(21)8-11)15-5-6-16(25-15)17-9-18(23)22(19(26)27-17)10-12-2-1-7-24-12/h3-6,8-9,12H,1-2,7,10H2. The monoisotopic (exact) mass is 439 g/mol. The maximum Gasteiger partial charge on any atom is 0.253 e. The number of halogens is 2. The van der Waals surface area contributed by atoms with Gasteiger partial charge in [-0.05, 0) is 55.4 Å². The van der Waals surface area contributed by atoms with Crippen LogP contribution in [-0.2, 0) is 11.3 Å². The van der Waals surface area contributed by atoms with Crippen LogP contribution in [0.4, 0.5) is 0 Å². The molecule has 1 aliphatic heterocycles. The van der Waals surface area contributed by atoms with E-state index in [9.17, 15) is 4.79 Å². The van der Waals surface area contributed by atoms with Crippen molar-refractivity contribution in [2.45, 2.75) is 25.5 Å². The van der Waals surface area contributed by atoms with Crippen molar-refractivity contribution in [1.82, 2.24) is 4.57 Å². The van der Waals surface area contributed by atoms with Crippen molar-refractivity contribution in [3.63, 3.8) is 0 Å². The van der Waals surface area contributed by atoms with E-state index in [0.717, 1.165) is 25.0 Å². The molecular formula is C19H15Cl2NO3S2. The lowest BCUT2D eigenvalue weighted by molar-refractivity contribution is 0.0961. The zero-order chi connectivity index (χ0) is 19.0. The third-order valence-corrected chi connectivity index (χ3v) is 6.35. The SMILES string of the molecule is O=c1cc(-c2ccc(-c3ccc(Cl)cc3Cl)o2)sc(=S)n1CC1CCCO1. The largest absolute Gasteiger partial charge is 0.455 e. The predicted octanol–water partition coefficient (Wildman–Crippen LogP) is 6.05. The Kier molecular flexibility index (Phi) is 5.53. The molecule has 1 aromatic carbocycles. The average Bonchev–Trinajstić information content (AvgIpc) is 3.30. The molecule has 3 aromatic rings. The van der Waals surface area contributed by atoms with Gasteiger partial charge in [0.1, 0.15) is 11.5 Å². The highest BCUT2D eigenvalue weighted by molar-refractivity contribution is 7.73. The first-order valence-electron chi connectivity index (χ1n) is 8.43. The molecule has 0 saturated carbocycles. The summed E-state index contributed by atoms with van der Waals surface area (Å²) in [6.07, 6.45) is 2.04. The van der Waals surface area contributed by atoms with E-state index in [2.05, 4.69) is 0 Å². The van der Waals surface area contributed by atoms with E-state index >= 15 is 0 Å². The first-order valence-corrected chi connectivity index (χ1v) is 10.4. The molecule has 4 nitrogen and oxygen atoms in total. The normalized spacial score (nSPS) is 16.7. The van der Waals surface area contributed by atoms with Crippen LogP contribution in [0.1, 0.15) is 12.8 Å². The van der Waals surface area contributed by atoms with E-state index in [1.54, 1.807) is 28.8 Å². The minimum absolute atomic E-state index is 0.0599. The number of benzene rings is 1. The van der Waals surface area contributed by atoms with Crippen molar-refractivity contribution >= 4 is 46.8 Å². The van der Waals surface area contributed by atoms with Crippen LogP contribution >= 0.6 is 46.8 Å². The number of aromatic nitrogens is 1. The fourth-order valence-corrected chi connectivity index (χ4v) is 4.81. The fraction of sp³-hybridized carbons (Fsp3) is 0.263. The number of ether oxygens (including phenoxy) is 1. The van der Waals surface area contributed by atoms with Gasteiger partial charge in [-0.3, -0.25) is 9.36 Å². The lowest BCUT2D eigenvalue weighted by atomic mass is 10.2. The van der Waals surface area contributed by atoms with Gasteiger partial charge in [0.05, 0.1) is 22.5 Å². The lowest BCUT2D eigenvalue weighted by Crippen LogP contribution is -2.25. The first-order chi connectivity index (χ1) is 13.0. The minimum atomic E-state index is -0.147. The summed E-state index contributed by atoms with van der Waals surface area (Å²) in [6.45, 7) is 1.24. The van der Waals surface area contributed by atoms with Gasteiger partial charge in [0.15, 0.2) is 3.95 Å². The molecule has 0 spiro atoms. The van der Waals surface area contributed by atoms with E-state index in [1.807, 2.05) is 12.1 Å². The average molecular weight is 440 g/mol. The van der Waals surface area contributed by atoms with Crippen LogP contribution in [0, 0.1) is 3.95 Å². The maximum absolute atomic E-state index is 12.6. The molecule has 1 aliphatic rings. The topological polar surface area (TPSA) is 44.4 Å². The third-order valence-electron chi connectivity index (χ3n) is 4.39. The Morgan fingerprint density at radius 3 is 2.70 bits per heavy atom. The Labute approximate surface area is 174 Å². The maximum atomic E-state index is 12.6. The summed E-state index contributed by atoms with van der Waals surface area (Å²) in [4.78, 5) is 13.2. The molecular weight excluding hydrogens is 425 g/mol. The number of nitrogens with zero attached hydrogens (tertiary/aromatic N) is 1. The van der Waals surface area contributed by atoms with Gasteiger partial charge in [0.2, 0.25) is 0 Å². The summed E-state index contributed by atoms with van der Waals surface area (Å²) in [7, 11) is 0. The van der Waals surface area contributed by atoms with Gasteiger partial charge in [-0.2, -0.15) is 0 Å². The van der Waals surface area contributed by atoms with Crippen LogP contribution in [0.15, 0.2) is 45.6 Å². The molecule has 0 aliphatic carbocycles. The molecule has 0 radical (unpaired) electrons. The second-order valence-corrected chi connectivity index (χ2v) is 8.77. The second kappa shape index (κ2) is 7.89. The summed E-state index contributed by atoms with van der Waals surface area (Å²) >= 11 is 19.0. The number of furan rings is 1. The van der Waals surface area contributed by atoms with Gasteiger partial charge in [0.25, 0.3) is 5.56 Å². The summed E-state index contributed by atoms with van der Waals surface area (Å²) in [5.41, 5.74) is 0.592. The summed E-state index contributed by atoms with van der Waals surface area (Å²) < 4.78 is 13.6. The molecule has 27 heavy (non-hydrogen) atoms. The van der Waals surface area contributed by atoms with E-state index in [4.69, 9.17) is 44.6 Å². The van der Waals surface area contributed by atoms with Crippen molar-refractivity contribution < 1.29 is 9.15 Å². The summed E-state index contributed by atoms with van der Waals surface area (Å²) in [6, 6.07) is 10.4. The van der Waals surface area contributed by atoms with Crippen molar-refractivity contribution in [3.05, 3.63) is 60.8 Å². The van der Waals surface area contributed by atoms with Crippen molar-refractivity contribution in [2.24, 2.45) is 0 Å². The third kappa shape index (κ3) is 4.05. The van der Waals surface area contributed by atoms with Crippen LogP contribution in [-0.4, -0.2) is 17.3 Å². The quantitative estimate of drug-likeness (QED) is 0.463. The molecule has 1 fully saturated rings. The fourth-order valence-electron chi connectivity index (χ4n) is 3.04. The molecule has 2 aromatic heterocycles. The Bertz CT molecular complexity index is 1070. The lowest BCUT2D eigenvalue weighted by Gasteiger charge is -2.11. The number of hydrogen-bond donors (Lipinski definition) is 0. The molecule has 1 unspecified atom stereocenters. The minimum Gasteiger partial charge on any atom is -0.455 e. The molecule has 1 saturated heterocycles. The Balaban J connectivity index is 1.65. The van der Waals surface area contributed by atoms with Gasteiger partial charge < -0.3 is 9.15 Å². The molecule has 140 valence electrons. The molecule has 0 bridgehead atoms. The first kappa shape index (κ1) is 18.9. The zero-order valence-electron chi connectivity index (χ0n) is 14.1. The number of rotatable bonds is 4. The second-order valence-electron chi connectivity index (χ2n) is 6.25. The highest BCUT2D eigenvalue weighted by atomic mass is 35.5. The summed E-state index contributed by atoms with van der Waals surface area (Å²) in [5, 5.41) is 1.06. The predicted molar refractivity (Wildman–Crippen MR) is 112 cm³/mol. The smallest absolute Gasteiger partial charge is 0.253 e. The van der Waals surface area contributed by atoms with E-state index in [0.29, 0.717) is 36.9 Å². The molecule has 8 heteroatoms. The summed E-state index contributed by atoms with van der Waals surface area (Å²) in [5.74, 6) is 1.18. The van der Waals surface area contributed by atoms with Gasteiger partial charge >= 0.3 is 0 Å². The molecule has 1 atom stereocenters. The Morgan fingerprint density at radius 2 is 2.00 bits per heavy atom. The van der Waals surface area contributed by atoms with Gasteiger partial charge in [-0.25, -0.2) is 0 Å². The van der Waals surface area contributed by atoms with Crippen LogP contribution in [0.5, 0.6) is 0 Å². The Hall–Kier alpha value is -1.44. The van der Waals surface area contributed by atoms with Crippen molar-refractivity contribution in [2.75, 3.05) is 6.61 Å². The molecule has 0 N–H and O–H groups in total. The van der Waals surface area contributed by atoms with Crippen LogP contribution < -0.4 is 5.56 Å². The van der Waals surface area contributed by atoms with Crippen molar-refractivity contribution in [1.29, 1.82) is 0 Å². The molecule has 4 rings (SSSR count). The van der Waals surface area contributed by atoms with Gasteiger partial charge in [0, 0.05) is 23.3 Å². The molecule has 0 amide bonds. The van der Waals surface area contributed by atoms with Crippen LogP contribution in [0.2, 0.25) is 10.0 Å². The van der Waals surface area contributed by atoms with Crippen LogP contribution in [0.25, 0.3) is 22.0 Å². The van der Waals surface area contributed by atoms with Gasteiger partial charge in [-0.1, -0.05) is 23.2 Å². The van der Waals surface area contributed by atoms with Crippen LogP contribution in [0.3, 0.4) is 0 Å².